The van der Waals surface area contributed by atoms with Gasteiger partial charge < -0.3 is 20.5 Å². The van der Waals surface area contributed by atoms with Crippen LogP contribution in [-0.2, 0) is 9.53 Å². The second kappa shape index (κ2) is 6.24. The van der Waals surface area contributed by atoms with Crippen molar-refractivity contribution in [2.75, 3.05) is 25.1 Å². The number of hydrogen-bond acceptors (Lipinski definition) is 4. The first kappa shape index (κ1) is 14.8. The van der Waals surface area contributed by atoms with E-state index in [-0.39, 0.29) is 5.91 Å². The maximum Gasteiger partial charge on any atom is 0.244 e. The number of carbonyl (C=O) groups excluding carboxylic acids is 1. The van der Waals surface area contributed by atoms with Crippen LogP contribution in [0.15, 0.2) is 18.2 Å². The molecular weight excluding hydrogens is 256 g/mol. The normalized spacial score (nSPS) is 17.6. The first-order valence-corrected chi connectivity index (χ1v) is 6.97. The first-order chi connectivity index (χ1) is 9.55. The second-order valence-corrected chi connectivity index (χ2v) is 5.13. The summed E-state index contributed by atoms with van der Waals surface area (Å²) in [6, 6.07) is 5.60. The van der Waals surface area contributed by atoms with Crippen molar-refractivity contribution < 1.29 is 14.3 Å². The summed E-state index contributed by atoms with van der Waals surface area (Å²) in [4.78, 5) is 12.3. The fraction of sp³-hybridized carbons (Fsp3) is 0.533. The van der Waals surface area contributed by atoms with E-state index in [1.54, 1.807) is 0 Å². The van der Waals surface area contributed by atoms with Crippen molar-refractivity contribution >= 4 is 11.6 Å². The van der Waals surface area contributed by atoms with Gasteiger partial charge in [0.1, 0.15) is 11.3 Å². The van der Waals surface area contributed by atoms with Gasteiger partial charge in [-0.3, -0.25) is 4.79 Å². The molecule has 20 heavy (non-hydrogen) atoms. The Morgan fingerprint density at radius 1 is 1.45 bits per heavy atom. The summed E-state index contributed by atoms with van der Waals surface area (Å²) in [5.41, 5.74) is 7.06. The van der Waals surface area contributed by atoms with E-state index in [9.17, 15) is 4.79 Å². The van der Waals surface area contributed by atoms with Crippen LogP contribution in [0.4, 0.5) is 5.69 Å². The zero-order valence-corrected chi connectivity index (χ0v) is 12.1. The lowest BCUT2D eigenvalue weighted by molar-refractivity contribution is -0.124. The minimum atomic E-state index is -0.830. The molecular formula is C15H22N2O3. The Morgan fingerprint density at radius 3 is 2.75 bits per heavy atom. The van der Waals surface area contributed by atoms with E-state index in [0.29, 0.717) is 32.7 Å². The molecule has 2 rings (SSSR count). The molecule has 0 spiro atoms. The van der Waals surface area contributed by atoms with Gasteiger partial charge in [-0.05, 0) is 50.5 Å². The van der Waals surface area contributed by atoms with Gasteiger partial charge >= 0.3 is 0 Å². The molecule has 5 heteroatoms. The molecule has 0 unspecified atom stereocenters. The number of carbonyl (C=O) groups is 1. The smallest absolute Gasteiger partial charge is 0.244 e. The van der Waals surface area contributed by atoms with Gasteiger partial charge in [-0.1, -0.05) is 0 Å². The van der Waals surface area contributed by atoms with Crippen LogP contribution >= 0.6 is 0 Å². The molecule has 1 aromatic carbocycles. The average molecular weight is 278 g/mol. The predicted octanol–water partition coefficient (Wildman–Crippen LogP) is 1.84. The Morgan fingerprint density at radius 2 is 2.15 bits per heavy atom. The minimum absolute atomic E-state index is 0.145. The highest BCUT2D eigenvalue weighted by Gasteiger charge is 2.36. The summed E-state index contributed by atoms with van der Waals surface area (Å²) in [5, 5.41) is 2.91. The number of ether oxygens (including phenoxy) is 2. The molecule has 1 aromatic rings. The molecule has 1 saturated heterocycles. The predicted molar refractivity (Wildman–Crippen MR) is 77.9 cm³/mol. The fourth-order valence-electron chi connectivity index (χ4n) is 2.24. The zero-order valence-electron chi connectivity index (χ0n) is 12.1. The maximum atomic E-state index is 12.3. The molecule has 1 heterocycles. The Hall–Kier alpha value is -1.59. The summed E-state index contributed by atoms with van der Waals surface area (Å²) in [6.45, 7) is 5.56. The van der Waals surface area contributed by atoms with Crippen molar-refractivity contribution in [1.82, 2.24) is 0 Å². The van der Waals surface area contributed by atoms with Crippen molar-refractivity contribution in [1.29, 1.82) is 0 Å². The number of rotatable bonds is 4. The topological polar surface area (TPSA) is 73.6 Å². The van der Waals surface area contributed by atoms with Crippen molar-refractivity contribution in [3.63, 3.8) is 0 Å². The highest BCUT2D eigenvalue weighted by Crippen LogP contribution is 2.24. The number of nitrogens with one attached hydrogen (secondary N) is 1. The summed E-state index contributed by atoms with van der Waals surface area (Å²) >= 11 is 0. The summed E-state index contributed by atoms with van der Waals surface area (Å²) in [7, 11) is 0. The molecule has 110 valence electrons. The van der Waals surface area contributed by atoms with E-state index in [1.165, 1.54) is 0 Å². The molecule has 1 amide bonds. The number of amides is 1. The van der Waals surface area contributed by atoms with Gasteiger partial charge in [0.25, 0.3) is 0 Å². The van der Waals surface area contributed by atoms with Crippen molar-refractivity contribution in [3.05, 3.63) is 23.8 Å². The zero-order chi connectivity index (χ0) is 14.6. The van der Waals surface area contributed by atoms with E-state index >= 15 is 0 Å². The molecule has 0 bridgehead atoms. The van der Waals surface area contributed by atoms with E-state index < -0.39 is 5.54 Å². The highest BCUT2D eigenvalue weighted by atomic mass is 16.5. The van der Waals surface area contributed by atoms with Gasteiger partial charge in [0.2, 0.25) is 5.91 Å². The van der Waals surface area contributed by atoms with Crippen LogP contribution in [0.2, 0.25) is 0 Å². The summed E-state index contributed by atoms with van der Waals surface area (Å²) in [5.74, 6) is 0.657. The Labute approximate surface area is 119 Å². The van der Waals surface area contributed by atoms with E-state index in [0.717, 1.165) is 17.0 Å². The van der Waals surface area contributed by atoms with Gasteiger partial charge in [-0.2, -0.15) is 0 Å². The quantitative estimate of drug-likeness (QED) is 0.881. The molecule has 1 aliphatic rings. The van der Waals surface area contributed by atoms with Gasteiger partial charge in [-0.15, -0.1) is 0 Å². The van der Waals surface area contributed by atoms with Crippen LogP contribution in [0.1, 0.15) is 25.3 Å². The third-order valence-electron chi connectivity index (χ3n) is 3.59. The van der Waals surface area contributed by atoms with Gasteiger partial charge in [0, 0.05) is 18.9 Å². The SMILES string of the molecule is CCOc1ccc(NC(=O)C2(N)CCOCC2)c(C)c1. The lowest BCUT2D eigenvalue weighted by Crippen LogP contribution is -2.54. The van der Waals surface area contributed by atoms with Gasteiger partial charge in [0.05, 0.1) is 6.61 Å². The number of aryl methyl sites for hydroxylation is 1. The lowest BCUT2D eigenvalue weighted by Gasteiger charge is -2.32. The Bertz CT molecular complexity index is 482. The molecule has 0 saturated carbocycles. The first-order valence-electron chi connectivity index (χ1n) is 6.97. The van der Waals surface area contributed by atoms with E-state index in [1.807, 2.05) is 32.0 Å². The summed E-state index contributed by atoms with van der Waals surface area (Å²) < 4.78 is 10.7. The Kier molecular flexibility index (Phi) is 4.62. The van der Waals surface area contributed by atoms with Crippen LogP contribution in [0.3, 0.4) is 0 Å². The highest BCUT2D eigenvalue weighted by molar-refractivity contribution is 5.98. The van der Waals surface area contributed by atoms with Crippen molar-refractivity contribution in [2.24, 2.45) is 5.73 Å². The van der Waals surface area contributed by atoms with Crippen LogP contribution in [0, 0.1) is 6.92 Å². The number of anilines is 1. The average Bonchev–Trinajstić information content (AvgIpc) is 2.43. The molecule has 3 N–H and O–H groups in total. The third kappa shape index (κ3) is 3.29. The monoisotopic (exact) mass is 278 g/mol. The van der Waals surface area contributed by atoms with E-state index in [4.69, 9.17) is 15.2 Å². The molecule has 0 atom stereocenters. The van der Waals surface area contributed by atoms with Crippen LogP contribution in [-0.4, -0.2) is 31.3 Å². The van der Waals surface area contributed by atoms with Crippen molar-refractivity contribution in [2.45, 2.75) is 32.2 Å². The number of nitrogens with two attached hydrogens (primary N) is 1. The summed E-state index contributed by atoms with van der Waals surface area (Å²) in [6.07, 6.45) is 1.10. The minimum Gasteiger partial charge on any atom is -0.494 e. The van der Waals surface area contributed by atoms with Crippen molar-refractivity contribution in [3.8, 4) is 5.75 Å². The van der Waals surface area contributed by atoms with Crippen LogP contribution in [0.5, 0.6) is 5.75 Å². The largest absolute Gasteiger partial charge is 0.494 e. The molecule has 5 nitrogen and oxygen atoms in total. The third-order valence-corrected chi connectivity index (χ3v) is 3.59. The molecule has 0 aliphatic carbocycles. The standard InChI is InChI=1S/C15H22N2O3/c1-3-20-12-4-5-13(11(2)10-12)17-14(18)15(16)6-8-19-9-7-15/h4-5,10H,3,6-9,16H2,1-2H3,(H,17,18). The number of benzene rings is 1. The molecule has 0 aromatic heterocycles. The second-order valence-electron chi connectivity index (χ2n) is 5.13. The van der Waals surface area contributed by atoms with Crippen LogP contribution in [0.25, 0.3) is 0 Å². The molecule has 1 fully saturated rings. The molecule has 0 radical (unpaired) electrons. The fourth-order valence-corrected chi connectivity index (χ4v) is 2.24. The maximum absolute atomic E-state index is 12.3. The van der Waals surface area contributed by atoms with Gasteiger partial charge in [-0.25, -0.2) is 0 Å². The Balaban J connectivity index is 2.07. The van der Waals surface area contributed by atoms with Crippen LogP contribution < -0.4 is 15.8 Å². The van der Waals surface area contributed by atoms with E-state index in [2.05, 4.69) is 5.32 Å². The van der Waals surface area contributed by atoms with Gasteiger partial charge in [0.15, 0.2) is 0 Å². The number of hydrogen-bond donors (Lipinski definition) is 2. The lowest BCUT2D eigenvalue weighted by atomic mass is 9.90. The molecule has 1 aliphatic heterocycles.